The number of amides is 2. The van der Waals surface area contributed by atoms with Gasteiger partial charge in [-0.1, -0.05) is 30.3 Å². The highest BCUT2D eigenvalue weighted by atomic mass is 16.2. The minimum Gasteiger partial charge on any atom is -0.358 e. The second-order valence-corrected chi connectivity index (χ2v) is 4.44. The maximum absolute atomic E-state index is 11.8. The first kappa shape index (κ1) is 15.2. The predicted octanol–water partition coefficient (Wildman–Crippen LogP) is 0.542. The molecule has 0 unspecified atom stereocenters. The van der Waals surface area contributed by atoms with Gasteiger partial charge in [-0.15, -0.1) is 0 Å². The third-order valence-corrected chi connectivity index (χ3v) is 2.94. The van der Waals surface area contributed by atoms with Gasteiger partial charge in [-0.25, -0.2) is 0 Å². The second-order valence-electron chi connectivity index (χ2n) is 4.44. The molecule has 1 rings (SSSR count). The van der Waals surface area contributed by atoms with Crippen LogP contribution in [-0.4, -0.2) is 43.9 Å². The summed E-state index contributed by atoms with van der Waals surface area (Å²) >= 11 is 0. The van der Waals surface area contributed by atoms with Crippen molar-refractivity contribution in [1.82, 2.24) is 15.5 Å². The molecule has 2 N–H and O–H groups in total. The largest absolute Gasteiger partial charge is 0.358 e. The van der Waals surface area contributed by atoms with E-state index in [1.807, 2.05) is 37.3 Å². The molecule has 0 aromatic heterocycles. The Balaban J connectivity index is 2.39. The van der Waals surface area contributed by atoms with Crippen LogP contribution in [-0.2, 0) is 9.59 Å². The number of hydrogen-bond donors (Lipinski definition) is 2. The van der Waals surface area contributed by atoms with E-state index in [1.165, 1.54) is 4.90 Å². The summed E-state index contributed by atoms with van der Waals surface area (Å²) < 4.78 is 0. The molecule has 1 aromatic carbocycles. The van der Waals surface area contributed by atoms with Crippen LogP contribution >= 0.6 is 0 Å². The highest BCUT2D eigenvalue weighted by molar-refractivity contribution is 5.85. The van der Waals surface area contributed by atoms with Crippen LogP contribution in [0.3, 0.4) is 0 Å². The lowest BCUT2D eigenvalue weighted by molar-refractivity contribution is -0.133. The molecular formula is C14H21N3O2. The van der Waals surface area contributed by atoms with Crippen molar-refractivity contribution in [3.05, 3.63) is 35.9 Å². The van der Waals surface area contributed by atoms with Gasteiger partial charge in [0.15, 0.2) is 0 Å². The van der Waals surface area contributed by atoms with Crippen molar-refractivity contribution in [3.8, 4) is 0 Å². The summed E-state index contributed by atoms with van der Waals surface area (Å²) in [6.45, 7) is 2.29. The summed E-state index contributed by atoms with van der Waals surface area (Å²) in [6.07, 6.45) is 0. The molecule has 1 atom stereocenters. The van der Waals surface area contributed by atoms with Gasteiger partial charge in [-0.05, 0) is 12.5 Å². The number of likely N-dealkylation sites (N-methyl/N-ethyl adjacent to an activating group) is 2. The molecule has 104 valence electrons. The van der Waals surface area contributed by atoms with E-state index in [0.29, 0.717) is 0 Å². The predicted molar refractivity (Wildman–Crippen MR) is 74.6 cm³/mol. The first-order valence-corrected chi connectivity index (χ1v) is 6.27. The smallest absolute Gasteiger partial charge is 0.239 e. The summed E-state index contributed by atoms with van der Waals surface area (Å²) in [5.41, 5.74) is 1.13. The van der Waals surface area contributed by atoms with Crippen molar-refractivity contribution in [2.45, 2.75) is 13.0 Å². The van der Waals surface area contributed by atoms with Crippen LogP contribution in [0.2, 0.25) is 0 Å². The van der Waals surface area contributed by atoms with Crippen molar-refractivity contribution < 1.29 is 9.59 Å². The van der Waals surface area contributed by atoms with Crippen LogP contribution in [0.1, 0.15) is 18.5 Å². The number of carbonyl (C=O) groups is 2. The van der Waals surface area contributed by atoms with Crippen molar-refractivity contribution in [1.29, 1.82) is 0 Å². The minimum absolute atomic E-state index is 0.0801. The summed E-state index contributed by atoms with van der Waals surface area (Å²) in [6, 6.07) is 10.0. The number of rotatable bonds is 6. The van der Waals surface area contributed by atoms with Crippen LogP contribution in [0.25, 0.3) is 0 Å². The Labute approximate surface area is 114 Å². The first-order chi connectivity index (χ1) is 9.04. The monoisotopic (exact) mass is 263 g/mol. The standard InChI is InChI=1S/C14H21N3O2/c1-11(12-7-5-4-6-8-12)16-9-14(19)17(3)10-13(18)15-2/h4-8,11,16H,9-10H2,1-3H3,(H,15,18)/t11-/m0/s1. The highest BCUT2D eigenvalue weighted by Crippen LogP contribution is 2.10. The molecule has 5 heteroatoms. The van der Waals surface area contributed by atoms with E-state index in [-0.39, 0.29) is 30.9 Å². The fraction of sp³-hybridized carbons (Fsp3) is 0.429. The maximum atomic E-state index is 11.8. The first-order valence-electron chi connectivity index (χ1n) is 6.27. The topological polar surface area (TPSA) is 61.4 Å². The third-order valence-electron chi connectivity index (χ3n) is 2.94. The normalized spacial score (nSPS) is 11.7. The molecule has 0 aliphatic heterocycles. The van der Waals surface area contributed by atoms with E-state index in [9.17, 15) is 9.59 Å². The average Bonchev–Trinajstić information content (AvgIpc) is 2.44. The Hall–Kier alpha value is -1.88. The number of hydrogen-bond acceptors (Lipinski definition) is 3. The van der Waals surface area contributed by atoms with Crippen LogP contribution in [0.4, 0.5) is 0 Å². The summed E-state index contributed by atoms with van der Waals surface area (Å²) in [5, 5.41) is 5.64. The Kier molecular flexibility index (Phi) is 6.02. The lowest BCUT2D eigenvalue weighted by Gasteiger charge is -2.19. The summed E-state index contributed by atoms with van der Waals surface area (Å²) in [7, 11) is 3.17. The number of benzene rings is 1. The quantitative estimate of drug-likeness (QED) is 0.787. The van der Waals surface area contributed by atoms with Crippen molar-refractivity contribution in [3.63, 3.8) is 0 Å². The fourth-order valence-electron chi connectivity index (χ4n) is 1.62. The van der Waals surface area contributed by atoms with Gasteiger partial charge in [0.25, 0.3) is 0 Å². The second kappa shape index (κ2) is 7.53. The third kappa shape index (κ3) is 5.09. The van der Waals surface area contributed by atoms with Gasteiger partial charge in [0.05, 0.1) is 13.1 Å². The van der Waals surface area contributed by atoms with E-state index in [0.717, 1.165) is 5.56 Å². The summed E-state index contributed by atoms with van der Waals surface area (Å²) in [5.74, 6) is -0.279. The molecule has 0 saturated carbocycles. The van der Waals surface area contributed by atoms with E-state index in [2.05, 4.69) is 10.6 Å². The molecule has 0 saturated heterocycles. The Morgan fingerprint density at radius 2 is 1.89 bits per heavy atom. The van der Waals surface area contributed by atoms with Gasteiger partial charge in [0, 0.05) is 20.1 Å². The van der Waals surface area contributed by atoms with E-state index in [4.69, 9.17) is 0 Å². The van der Waals surface area contributed by atoms with Crippen LogP contribution in [0.5, 0.6) is 0 Å². The van der Waals surface area contributed by atoms with Crippen molar-refractivity contribution >= 4 is 11.8 Å². The van der Waals surface area contributed by atoms with E-state index >= 15 is 0 Å². The van der Waals surface area contributed by atoms with Gasteiger partial charge >= 0.3 is 0 Å². The fourth-order valence-corrected chi connectivity index (χ4v) is 1.62. The zero-order chi connectivity index (χ0) is 14.3. The lowest BCUT2D eigenvalue weighted by atomic mass is 10.1. The molecule has 0 aliphatic carbocycles. The van der Waals surface area contributed by atoms with Gasteiger partial charge < -0.3 is 15.5 Å². The van der Waals surface area contributed by atoms with E-state index < -0.39 is 0 Å². The minimum atomic E-state index is -0.174. The van der Waals surface area contributed by atoms with Gasteiger partial charge in [0.1, 0.15) is 0 Å². The zero-order valence-electron chi connectivity index (χ0n) is 11.6. The molecule has 0 aliphatic rings. The Bertz CT molecular complexity index is 420. The molecule has 0 radical (unpaired) electrons. The van der Waals surface area contributed by atoms with E-state index in [1.54, 1.807) is 14.1 Å². The Morgan fingerprint density at radius 1 is 1.26 bits per heavy atom. The zero-order valence-corrected chi connectivity index (χ0v) is 11.6. The molecular weight excluding hydrogens is 242 g/mol. The molecule has 1 aromatic rings. The molecule has 0 bridgehead atoms. The van der Waals surface area contributed by atoms with Crippen LogP contribution in [0.15, 0.2) is 30.3 Å². The molecule has 0 spiro atoms. The molecule has 19 heavy (non-hydrogen) atoms. The average molecular weight is 263 g/mol. The molecule has 0 heterocycles. The molecule has 5 nitrogen and oxygen atoms in total. The van der Waals surface area contributed by atoms with Gasteiger partial charge in [0.2, 0.25) is 11.8 Å². The van der Waals surface area contributed by atoms with Crippen LogP contribution in [0, 0.1) is 0 Å². The SMILES string of the molecule is CNC(=O)CN(C)C(=O)CN[C@@H](C)c1ccccc1. The van der Waals surface area contributed by atoms with Gasteiger partial charge in [-0.2, -0.15) is 0 Å². The number of nitrogens with one attached hydrogen (secondary N) is 2. The van der Waals surface area contributed by atoms with Gasteiger partial charge in [-0.3, -0.25) is 9.59 Å². The highest BCUT2D eigenvalue weighted by Gasteiger charge is 2.13. The molecule has 2 amide bonds. The van der Waals surface area contributed by atoms with Crippen molar-refractivity contribution in [2.24, 2.45) is 0 Å². The van der Waals surface area contributed by atoms with Crippen LogP contribution < -0.4 is 10.6 Å². The van der Waals surface area contributed by atoms with Crippen molar-refractivity contribution in [2.75, 3.05) is 27.2 Å². The Morgan fingerprint density at radius 3 is 2.47 bits per heavy atom. The number of carbonyl (C=O) groups excluding carboxylic acids is 2. The lowest BCUT2D eigenvalue weighted by Crippen LogP contribution is -2.41. The number of nitrogens with zero attached hydrogens (tertiary/aromatic N) is 1. The summed E-state index contributed by atoms with van der Waals surface area (Å²) in [4.78, 5) is 24.4. The molecule has 0 fully saturated rings. The maximum Gasteiger partial charge on any atom is 0.239 e.